The van der Waals surface area contributed by atoms with Crippen molar-refractivity contribution in [3.63, 3.8) is 0 Å². The van der Waals surface area contributed by atoms with E-state index in [1.807, 2.05) is 52.0 Å². The third-order valence-electron chi connectivity index (χ3n) is 2.90. The topological polar surface area (TPSA) is 55.8 Å². The van der Waals surface area contributed by atoms with Crippen LogP contribution in [-0.2, 0) is 20.5 Å². The van der Waals surface area contributed by atoms with Crippen LogP contribution < -0.4 is 5.46 Å². The maximum Gasteiger partial charge on any atom is 0.494 e. The van der Waals surface area contributed by atoms with Gasteiger partial charge < -0.3 is 14.4 Å². The summed E-state index contributed by atoms with van der Waals surface area (Å²) in [6.07, 6.45) is 1.81. The fourth-order valence-electron chi connectivity index (χ4n) is 1.97. The number of benzene rings is 1. The van der Waals surface area contributed by atoms with E-state index in [1.54, 1.807) is 0 Å². The molecule has 0 aliphatic rings. The molecule has 0 radical (unpaired) electrons. The third kappa shape index (κ3) is 7.30. The number of hydrogen-bond donors (Lipinski definition) is 1. The molecule has 0 aromatic heterocycles. The molecule has 0 atom stereocenters. The van der Waals surface area contributed by atoms with E-state index in [2.05, 4.69) is 0 Å². The van der Waals surface area contributed by atoms with Crippen LogP contribution in [0.3, 0.4) is 0 Å². The van der Waals surface area contributed by atoms with Crippen LogP contribution in [0.25, 0.3) is 0 Å². The van der Waals surface area contributed by atoms with Crippen LogP contribution in [0.4, 0.5) is 0 Å². The second-order valence-corrected chi connectivity index (χ2v) is 5.69. The SMILES string of the molecule is CC(C)OB(OC(C)C)c1ccc(CCCC(=O)O)cc1. The van der Waals surface area contributed by atoms with Crippen molar-refractivity contribution in [2.75, 3.05) is 0 Å². The van der Waals surface area contributed by atoms with Crippen LogP contribution in [0.2, 0.25) is 0 Å². The number of aryl methyl sites for hydroxylation is 1. The van der Waals surface area contributed by atoms with Crippen LogP contribution in [-0.4, -0.2) is 30.4 Å². The van der Waals surface area contributed by atoms with Gasteiger partial charge in [0, 0.05) is 18.6 Å². The Balaban J connectivity index is 2.65. The molecular formula is C16H25BO4. The molecule has 0 unspecified atom stereocenters. The van der Waals surface area contributed by atoms with E-state index >= 15 is 0 Å². The lowest BCUT2D eigenvalue weighted by Crippen LogP contribution is -2.40. The van der Waals surface area contributed by atoms with E-state index in [1.165, 1.54) is 0 Å². The number of carboxylic acids is 1. The summed E-state index contributed by atoms with van der Waals surface area (Å²) in [5, 5.41) is 8.64. The second-order valence-electron chi connectivity index (χ2n) is 5.69. The molecule has 0 heterocycles. The molecule has 116 valence electrons. The molecule has 0 aliphatic carbocycles. The predicted octanol–water partition coefficient (Wildman–Crippen LogP) is 2.64. The van der Waals surface area contributed by atoms with Gasteiger partial charge in [-0.3, -0.25) is 4.79 Å². The van der Waals surface area contributed by atoms with E-state index < -0.39 is 5.97 Å². The van der Waals surface area contributed by atoms with Crippen LogP contribution in [0.5, 0.6) is 0 Å². The second kappa shape index (κ2) is 8.85. The summed E-state index contributed by atoms with van der Waals surface area (Å²) >= 11 is 0. The Morgan fingerprint density at radius 3 is 2.05 bits per heavy atom. The molecule has 1 N–H and O–H groups in total. The number of aliphatic carboxylic acids is 1. The normalized spacial score (nSPS) is 11.1. The minimum Gasteiger partial charge on any atom is -0.481 e. The van der Waals surface area contributed by atoms with E-state index in [9.17, 15) is 4.79 Å². The van der Waals surface area contributed by atoms with Crippen molar-refractivity contribution in [2.24, 2.45) is 0 Å². The first-order chi connectivity index (χ1) is 9.88. The smallest absolute Gasteiger partial charge is 0.481 e. The van der Waals surface area contributed by atoms with Crippen LogP contribution in [0, 0.1) is 0 Å². The summed E-state index contributed by atoms with van der Waals surface area (Å²) in [6, 6.07) is 8.01. The summed E-state index contributed by atoms with van der Waals surface area (Å²) in [6.45, 7) is 7.93. The Bertz CT molecular complexity index is 418. The number of carbonyl (C=O) groups is 1. The van der Waals surface area contributed by atoms with Crippen molar-refractivity contribution < 1.29 is 19.2 Å². The lowest BCUT2D eigenvalue weighted by Gasteiger charge is -2.20. The molecule has 1 aromatic rings. The Morgan fingerprint density at radius 2 is 1.62 bits per heavy atom. The highest BCUT2D eigenvalue weighted by atomic mass is 16.6. The maximum absolute atomic E-state index is 10.5. The van der Waals surface area contributed by atoms with E-state index in [0.29, 0.717) is 6.42 Å². The van der Waals surface area contributed by atoms with E-state index in [0.717, 1.165) is 17.4 Å². The lowest BCUT2D eigenvalue weighted by atomic mass is 9.77. The van der Waals surface area contributed by atoms with Crippen molar-refractivity contribution >= 4 is 18.6 Å². The minimum absolute atomic E-state index is 0.0870. The maximum atomic E-state index is 10.5. The quantitative estimate of drug-likeness (QED) is 0.711. The monoisotopic (exact) mass is 292 g/mol. The molecule has 0 saturated heterocycles. The average Bonchev–Trinajstić information content (AvgIpc) is 2.37. The average molecular weight is 292 g/mol. The van der Waals surface area contributed by atoms with Gasteiger partial charge in [-0.2, -0.15) is 0 Å². The molecule has 1 aromatic carbocycles. The highest BCUT2D eigenvalue weighted by Gasteiger charge is 2.23. The van der Waals surface area contributed by atoms with Gasteiger partial charge in [0.15, 0.2) is 0 Å². The molecule has 0 aliphatic heterocycles. The number of rotatable bonds is 9. The molecule has 0 fully saturated rings. The zero-order chi connectivity index (χ0) is 15.8. The van der Waals surface area contributed by atoms with Gasteiger partial charge in [0.25, 0.3) is 0 Å². The molecule has 21 heavy (non-hydrogen) atoms. The fourth-order valence-corrected chi connectivity index (χ4v) is 1.97. The zero-order valence-electron chi connectivity index (χ0n) is 13.3. The zero-order valence-corrected chi connectivity index (χ0v) is 13.3. The summed E-state index contributed by atoms with van der Waals surface area (Å²) in [7, 11) is -0.363. The summed E-state index contributed by atoms with van der Waals surface area (Å²) in [5.41, 5.74) is 2.12. The summed E-state index contributed by atoms with van der Waals surface area (Å²) < 4.78 is 11.6. The van der Waals surface area contributed by atoms with Gasteiger partial charge in [-0.1, -0.05) is 24.3 Å². The molecule has 0 saturated carbocycles. The molecule has 0 spiro atoms. The Hall–Kier alpha value is -1.33. The lowest BCUT2D eigenvalue weighted by molar-refractivity contribution is -0.137. The van der Waals surface area contributed by atoms with E-state index in [-0.39, 0.29) is 25.7 Å². The molecule has 0 bridgehead atoms. The fraction of sp³-hybridized carbons (Fsp3) is 0.562. The molecule has 0 amide bonds. The van der Waals surface area contributed by atoms with E-state index in [4.69, 9.17) is 14.4 Å². The Kier molecular flexibility index (Phi) is 7.47. The van der Waals surface area contributed by atoms with Crippen molar-refractivity contribution in [1.29, 1.82) is 0 Å². The van der Waals surface area contributed by atoms with Gasteiger partial charge in [0.2, 0.25) is 0 Å². The standard InChI is InChI=1S/C16H25BO4/c1-12(2)20-17(21-13(3)4)15-10-8-14(9-11-15)6-5-7-16(18)19/h8-13H,5-7H2,1-4H3,(H,18,19). The van der Waals surface area contributed by atoms with Crippen LogP contribution >= 0.6 is 0 Å². The van der Waals surface area contributed by atoms with Gasteiger partial charge in [-0.15, -0.1) is 0 Å². The van der Waals surface area contributed by atoms with Gasteiger partial charge in [0.1, 0.15) is 0 Å². The molecule has 5 heteroatoms. The van der Waals surface area contributed by atoms with Gasteiger partial charge in [0.05, 0.1) is 0 Å². The Labute approximate surface area is 127 Å². The highest BCUT2D eigenvalue weighted by molar-refractivity contribution is 6.61. The summed E-state index contributed by atoms with van der Waals surface area (Å²) in [4.78, 5) is 10.5. The van der Waals surface area contributed by atoms with Gasteiger partial charge >= 0.3 is 13.1 Å². The molecule has 1 rings (SSSR count). The molecule has 4 nitrogen and oxygen atoms in total. The van der Waals surface area contributed by atoms with Crippen LogP contribution in [0.1, 0.15) is 46.1 Å². The first kappa shape index (κ1) is 17.7. The highest BCUT2D eigenvalue weighted by Crippen LogP contribution is 2.06. The summed E-state index contributed by atoms with van der Waals surface area (Å²) in [5.74, 6) is -0.748. The molecular weight excluding hydrogens is 267 g/mol. The van der Waals surface area contributed by atoms with Crippen molar-refractivity contribution in [2.45, 2.75) is 59.2 Å². The third-order valence-corrected chi connectivity index (χ3v) is 2.90. The Morgan fingerprint density at radius 1 is 1.10 bits per heavy atom. The first-order valence-electron chi connectivity index (χ1n) is 7.50. The number of hydrogen-bond acceptors (Lipinski definition) is 3. The van der Waals surface area contributed by atoms with Crippen molar-refractivity contribution in [3.05, 3.63) is 29.8 Å². The van der Waals surface area contributed by atoms with Crippen molar-refractivity contribution in [3.8, 4) is 0 Å². The number of carboxylic acid groups (broad SMARTS) is 1. The van der Waals surface area contributed by atoms with Crippen LogP contribution in [0.15, 0.2) is 24.3 Å². The first-order valence-corrected chi connectivity index (χ1v) is 7.50. The predicted molar refractivity (Wildman–Crippen MR) is 84.8 cm³/mol. The minimum atomic E-state index is -0.748. The van der Waals surface area contributed by atoms with Gasteiger partial charge in [-0.05, 0) is 51.6 Å². The van der Waals surface area contributed by atoms with Crippen molar-refractivity contribution in [1.82, 2.24) is 0 Å². The van der Waals surface area contributed by atoms with Gasteiger partial charge in [-0.25, -0.2) is 0 Å². The largest absolute Gasteiger partial charge is 0.494 e.